The van der Waals surface area contributed by atoms with Crippen molar-refractivity contribution in [2.75, 3.05) is 32.0 Å². The summed E-state index contributed by atoms with van der Waals surface area (Å²) in [7, 11) is 0. The summed E-state index contributed by atoms with van der Waals surface area (Å²) < 4.78 is 17.4. The molecule has 0 spiro atoms. The number of ether oxygens (including phenoxy) is 3. The molecule has 1 saturated heterocycles. The number of hydrogen-bond donors (Lipinski definition) is 0. The minimum atomic E-state index is 0.317. The van der Waals surface area contributed by atoms with Crippen LogP contribution in [0.5, 0.6) is 17.2 Å². The van der Waals surface area contributed by atoms with Crippen molar-refractivity contribution in [3.05, 3.63) is 88.0 Å². The Morgan fingerprint density at radius 2 is 1.73 bits per heavy atom. The Kier molecular flexibility index (Phi) is 8.31. The molecule has 2 aliphatic rings. The zero-order chi connectivity index (χ0) is 25.8. The van der Waals surface area contributed by atoms with Gasteiger partial charge in [-0.05, 0) is 89.9 Å². The molecule has 0 amide bonds. The van der Waals surface area contributed by atoms with Crippen molar-refractivity contribution in [3.63, 3.8) is 0 Å². The van der Waals surface area contributed by atoms with Gasteiger partial charge in [0.2, 0.25) is 6.79 Å². The number of aryl methyl sites for hydroxylation is 2. The zero-order valence-electron chi connectivity index (χ0n) is 22.6. The molecule has 0 aliphatic carbocycles. The van der Waals surface area contributed by atoms with Crippen LogP contribution in [-0.2, 0) is 19.4 Å². The minimum Gasteiger partial charge on any atom is -0.493 e. The fraction of sp³-hybridized carbons (Fsp3) is 0.438. The van der Waals surface area contributed by atoms with Crippen LogP contribution in [0.2, 0.25) is 0 Å². The molecule has 2 heterocycles. The molecule has 2 aliphatic heterocycles. The van der Waals surface area contributed by atoms with E-state index >= 15 is 0 Å². The average molecular weight is 518 g/mol. The number of nitrogens with zero attached hydrogens (tertiary/aromatic N) is 1. The van der Waals surface area contributed by atoms with E-state index in [0.29, 0.717) is 18.8 Å². The SMILES string of the molecule is CCc1cccc(CC)c1CN1CC(c2ccc3c(c2C)OCO3)CC1c1ccc(OCCSC)cc1. The predicted molar refractivity (Wildman–Crippen MR) is 153 cm³/mol. The summed E-state index contributed by atoms with van der Waals surface area (Å²) in [5, 5.41) is 0. The van der Waals surface area contributed by atoms with Crippen molar-refractivity contribution < 1.29 is 14.2 Å². The fourth-order valence-corrected chi connectivity index (χ4v) is 6.26. The van der Waals surface area contributed by atoms with Gasteiger partial charge < -0.3 is 14.2 Å². The zero-order valence-corrected chi connectivity index (χ0v) is 23.4. The van der Waals surface area contributed by atoms with Gasteiger partial charge in [-0.3, -0.25) is 4.90 Å². The highest BCUT2D eigenvalue weighted by molar-refractivity contribution is 7.98. The van der Waals surface area contributed by atoms with Gasteiger partial charge in [0.05, 0.1) is 6.61 Å². The molecule has 1 fully saturated rings. The third-order valence-corrected chi connectivity index (χ3v) is 8.56. The molecule has 3 aromatic rings. The lowest BCUT2D eigenvalue weighted by Gasteiger charge is -2.27. The second-order valence-electron chi connectivity index (χ2n) is 10.1. The lowest BCUT2D eigenvalue weighted by Crippen LogP contribution is -2.25. The summed E-state index contributed by atoms with van der Waals surface area (Å²) in [4.78, 5) is 2.70. The summed E-state index contributed by atoms with van der Waals surface area (Å²) in [6, 6.07) is 20.4. The van der Waals surface area contributed by atoms with E-state index in [4.69, 9.17) is 14.2 Å². The van der Waals surface area contributed by atoms with Crippen LogP contribution in [0, 0.1) is 6.92 Å². The van der Waals surface area contributed by atoms with Crippen molar-refractivity contribution in [1.29, 1.82) is 0 Å². The Labute approximate surface area is 226 Å². The number of hydrogen-bond acceptors (Lipinski definition) is 5. The van der Waals surface area contributed by atoms with E-state index in [1.165, 1.54) is 33.4 Å². The smallest absolute Gasteiger partial charge is 0.231 e. The quantitative estimate of drug-likeness (QED) is 0.263. The summed E-state index contributed by atoms with van der Waals surface area (Å²) in [6.07, 6.45) is 5.33. The standard InChI is InChI=1S/C32H39NO3S/c1-5-23-8-7-9-24(6-2)29(23)20-33-19-26(28-14-15-31-32(22(28)3)36-21-35-31)18-30(33)25-10-12-27(13-11-25)34-16-17-37-4/h7-15,26,30H,5-6,16-21H2,1-4H3. The Bertz CT molecular complexity index is 1190. The van der Waals surface area contributed by atoms with E-state index in [0.717, 1.165) is 62.0 Å². The summed E-state index contributed by atoms with van der Waals surface area (Å²) in [5.74, 6) is 4.19. The number of rotatable bonds is 10. The molecule has 0 N–H and O–H groups in total. The van der Waals surface area contributed by atoms with Crippen LogP contribution >= 0.6 is 11.8 Å². The first-order chi connectivity index (χ1) is 18.1. The van der Waals surface area contributed by atoms with Crippen LogP contribution in [0.3, 0.4) is 0 Å². The van der Waals surface area contributed by atoms with Crippen LogP contribution in [0.25, 0.3) is 0 Å². The Morgan fingerprint density at radius 3 is 2.43 bits per heavy atom. The molecule has 3 aromatic carbocycles. The Balaban J connectivity index is 1.45. The van der Waals surface area contributed by atoms with Crippen molar-refractivity contribution in [1.82, 2.24) is 4.90 Å². The van der Waals surface area contributed by atoms with Crippen LogP contribution in [-0.4, -0.2) is 36.9 Å². The molecule has 5 rings (SSSR count). The first-order valence-corrected chi connectivity index (χ1v) is 15.0. The van der Waals surface area contributed by atoms with Gasteiger partial charge in [0, 0.05) is 24.9 Å². The first-order valence-electron chi connectivity index (χ1n) is 13.6. The van der Waals surface area contributed by atoms with Gasteiger partial charge >= 0.3 is 0 Å². The van der Waals surface area contributed by atoms with Crippen LogP contribution in [0.15, 0.2) is 54.6 Å². The molecule has 0 aromatic heterocycles. The van der Waals surface area contributed by atoms with Crippen molar-refractivity contribution in [2.45, 2.75) is 58.5 Å². The largest absolute Gasteiger partial charge is 0.493 e. The maximum Gasteiger partial charge on any atom is 0.231 e. The van der Waals surface area contributed by atoms with E-state index in [-0.39, 0.29) is 0 Å². The maximum atomic E-state index is 5.94. The Hall–Kier alpha value is -2.63. The topological polar surface area (TPSA) is 30.9 Å². The normalized spacial score (nSPS) is 18.9. The summed E-state index contributed by atoms with van der Waals surface area (Å²) in [5.41, 5.74) is 8.43. The molecular weight excluding hydrogens is 478 g/mol. The van der Waals surface area contributed by atoms with E-state index in [1.54, 1.807) is 0 Å². The van der Waals surface area contributed by atoms with Crippen molar-refractivity contribution in [2.24, 2.45) is 0 Å². The maximum absolute atomic E-state index is 5.94. The molecule has 5 heteroatoms. The molecule has 2 atom stereocenters. The molecular formula is C32H39NO3S. The second kappa shape index (κ2) is 11.8. The van der Waals surface area contributed by atoms with E-state index in [9.17, 15) is 0 Å². The lowest BCUT2D eigenvalue weighted by atomic mass is 9.90. The van der Waals surface area contributed by atoms with Crippen molar-refractivity contribution >= 4 is 11.8 Å². The Morgan fingerprint density at radius 1 is 0.973 bits per heavy atom. The molecule has 0 bridgehead atoms. The van der Waals surface area contributed by atoms with Gasteiger partial charge in [-0.1, -0.05) is 50.2 Å². The van der Waals surface area contributed by atoms with Gasteiger partial charge in [0.1, 0.15) is 5.75 Å². The number of thioether (sulfide) groups is 1. The average Bonchev–Trinajstić information content (AvgIpc) is 3.57. The number of benzene rings is 3. The van der Waals surface area contributed by atoms with E-state index in [2.05, 4.69) is 86.5 Å². The van der Waals surface area contributed by atoms with E-state index < -0.39 is 0 Å². The van der Waals surface area contributed by atoms with Crippen LogP contribution in [0.1, 0.15) is 65.6 Å². The first kappa shape index (κ1) is 26.0. The second-order valence-corrected chi connectivity index (χ2v) is 11.0. The molecule has 37 heavy (non-hydrogen) atoms. The summed E-state index contributed by atoms with van der Waals surface area (Å²) >= 11 is 1.81. The van der Waals surface area contributed by atoms with Crippen molar-refractivity contribution in [3.8, 4) is 17.2 Å². The van der Waals surface area contributed by atoms with Gasteiger partial charge in [-0.15, -0.1) is 0 Å². The lowest BCUT2D eigenvalue weighted by molar-refractivity contribution is 0.173. The summed E-state index contributed by atoms with van der Waals surface area (Å²) in [6.45, 7) is 9.79. The monoisotopic (exact) mass is 517 g/mol. The predicted octanol–water partition coefficient (Wildman–Crippen LogP) is 7.32. The molecule has 196 valence electrons. The van der Waals surface area contributed by atoms with E-state index in [1.807, 2.05) is 11.8 Å². The fourth-order valence-electron chi connectivity index (χ4n) is 6.01. The molecule has 2 unspecified atom stereocenters. The molecule has 0 saturated carbocycles. The van der Waals surface area contributed by atoms with Crippen LogP contribution < -0.4 is 14.2 Å². The third kappa shape index (κ3) is 5.49. The number of fused-ring (bicyclic) bond motifs is 1. The molecule has 0 radical (unpaired) electrons. The third-order valence-electron chi connectivity index (χ3n) is 7.99. The van der Waals surface area contributed by atoms with Gasteiger partial charge in [-0.2, -0.15) is 11.8 Å². The number of likely N-dealkylation sites (tertiary alicyclic amines) is 1. The highest BCUT2D eigenvalue weighted by atomic mass is 32.2. The minimum absolute atomic E-state index is 0.317. The van der Waals surface area contributed by atoms with Crippen LogP contribution in [0.4, 0.5) is 0 Å². The highest BCUT2D eigenvalue weighted by Crippen LogP contribution is 2.46. The van der Waals surface area contributed by atoms with Gasteiger partial charge in [-0.25, -0.2) is 0 Å². The highest BCUT2D eigenvalue weighted by Gasteiger charge is 2.36. The van der Waals surface area contributed by atoms with Gasteiger partial charge in [0.15, 0.2) is 11.5 Å². The van der Waals surface area contributed by atoms with Gasteiger partial charge in [0.25, 0.3) is 0 Å². The molecule has 4 nitrogen and oxygen atoms in total.